The Labute approximate surface area is 411 Å². The first-order valence-corrected chi connectivity index (χ1v) is 26.7. The monoisotopic (exact) mass is 925 g/mol. The summed E-state index contributed by atoms with van der Waals surface area (Å²) in [5, 5.41) is 0. The van der Waals surface area contributed by atoms with Gasteiger partial charge in [0.2, 0.25) is 0 Å². The molecule has 0 radical (unpaired) electrons. The van der Waals surface area contributed by atoms with Crippen LogP contribution in [-0.4, -0.2) is 37.2 Å². The van der Waals surface area contributed by atoms with Gasteiger partial charge in [-0.2, -0.15) is 0 Å². The van der Waals surface area contributed by atoms with Crippen LogP contribution in [-0.2, 0) is 28.6 Å². The molecule has 0 aromatic heterocycles. The van der Waals surface area contributed by atoms with Gasteiger partial charge in [0.05, 0.1) is 0 Å². The number of carbonyl (C=O) groups excluding carboxylic acids is 3. The van der Waals surface area contributed by atoms with Crippen LogP contribution < -0.4 is 0 Å². The molecular weight excluding hydrogens is 829 g/mol. The van der Waals surface area contributed by atoms with Gasteiger partial charge in [0.25, 0.3) is 0 Å². The maximum Gasteiger partial charge on any atom is 0.306 e. The number of allylic oxidation sites excluding steroid dienone is 22. The summed E-state index contributed by atoms with van der Waals surface area (Å²) < 4.78 is 16.7. The second kappa shape index (κ2) is 54.2. The van der Waals surface area contributed by atoms with Gasteiger partial charge < -0.3 is 14.2 Å². The van der Waals surface area contributed by atoms with Crippen molar-refractivity contribution >= 4 is 17.9 Å². The molecule has 0 amide bonds. The zero-order valence-electron chi connectivity index (χ0n) is 42.9. The molecule has 0 aliphatic carbocycles. The molecule has 0 fully saturated rings. The smallest absolute Gasteiger partial charge is 0.306 e. The summed E-state index contributed by atoms with van der Waals surface area (Å²) in [4.78, 5) is 38.0. The van der Waals surface area contributed by atoms with Gasteiger partial charge in [-0.1, -0.05) is 199 Å². The number of ether oxygens (including phenoxy) is 3. The van der Waals surface area contributed by atoms with Crippen LogP contribution in [0.25, 0.3) is 0 Å². The summed E-state index contributed by atoms with van der Waals surface area (Å²) >= 11 is 0. The molecule has 0 heterocycles. The van der Waals surface area contributed by atoms with Gasteiger partial charge in [-0.05, 0) is 128 Å². The van der Waals surface area contributed by atoms with Gasteiger partial charge in [-0.3, -0.25) is 14.4 Å². The first kappa shape index (κ1) is 62.5. The Morgan fingerprint density at radius 3 is 1.00 bits per heavy atom. The lowest BCUT2D eigenvalue weighted by atomic mass is 10.1. The predicted molar refractivity (Wildman–Crippen MR) is 288 cm³/mol. The second-order valence-corrected chi connectivity index (χ2v) is 17.0. The minimum absolute atomic E-state index is 0.125. The Balaban J connectivity index is 4.58. The SMILES string of the molecule is CC/C=C\C/C=C\C/C=C\C/C=C\C/C=C\CCCC(=O)OCC(COC(=O)CCCC/C=C\C/C=C\C/C=C\C/C=C\CC)OC(=O)CCCCCCCCC/C=C\C/C=C\CCCCC. The highest BCUT2D eigenvalue weighted by Gasteiger charge is 2.19. The Kier molecular flexibility index (Phi) is 50.6. The average molecular weight is 925 g/mol. The van der Waals surface area contributed by atoms with Gasteiger partial charge in [0, 0.05) is 19.3 Å². The van der Waals surface area contributed by atoms with E-state index < -0.39 is 6.10 Å². The molecule has 0 saturated heterocycles. The van der Waals surface area contributed by atoms with Crippen LogP contribution in [0.15, 0.2) is 134 Å². The van der Waals surface area contributed by atoms with Crippen molar-refractivity contribution in [2.75, 3.05) is 13.2 Å². The highest BCUT2D eigenvalue weighted by atomic mass is 16.6. The van der Waals surface area contributed by atoms with Crippen LogP contribution in [0.3, 0.4) is 0 Å². The van der Waals surface area contributed by atoms with Crippen molar-refractivity contribution in [1.29, 1.82) is 0 Å². The third kappa shape index (κ3) is 52.4. The van der Waals surface area contributed by atoms with Gasteiger partial charge in [0.1, 0.15) is 13.2 Å². The molecule has 6 nitrogen and oxygen atoms in total. The van der Waals surface area contributed by atoms with Crippen molar-refractivity contribution in [3.05, 3.63) is 134 Å². The first-order chi connectivity index (χ1) is 33.0. The Hall–Kier alpha value is -4.45. The van der Waals surface area contributed by atoms with E-state index in [1.807, 2.05) is 0 Å². The fraction of sp³-hybridized carbons (Fsp3) is 0.590. The lowest BCUT2D eigenvalue weighted by molar-refractivity contribution is -0.167. The molecule has 0 aromatic carbocycles. The summed E-state index contributed by atoms with van der Waals surface area (Å²) in [7, 11) is 0. The molecule has 0 N–H and O–H groups in total. The van der Waals surface area contributed by atoms with Gasteiger partial charge in [-0.15, -0.1) is 0 Å². The third-order valence-corrected chi connectivity index (χ3v) is 10.6. The number of rotatable bonds is 46. The lowest BCUT2D eigenvalue weighted by Crippen LogP contribution is -2.30. The van der Waals surface area contributed by atoms with Crippen LogP contribution in [0.1, 0.15) is 213 Å². The van der Waals surface area contributed by atoms with Crippen LogP contribution in [0, 0.1) is 0 Å². The molecule has 0 rings (SSSR count). The fourth-order valence-corrected chi connectivity index (χ4v) is 6.67. The topological polar surface area (TPSA) is 78.9 Å². The average Bonchev–Trinajstić information content (AvgIpc) is 3.33. The summed E-state index contributed by atoms with van der Waals surface area (Å²) in [6, 6.07) is 0. The van der Waals surface area contributed by atoms with Crippen LogP contribution in [0.4, 0.5) is 0 Å². The van der Waals surface area contributed by atoms with Crippen molar-refractivity contribution in [3.8, 4) is 0 Å². The van der Waals surface area contributed by atoms with Crippen LogP contribution >= 0.6 is 0 Å². The second-order valence-electron chi connectivity index (χ2n) is 17.0. The number of unbranched alkanes of at least 4 members (excludes halogenated alkanes) is 13. The van der Waals surface area contributed by atoms with Crippen LogP contribution in [0.5, 0.6) is 0 Å². The minimum atomic E-state index is -0.827. The minimum Gasteiger partial charge on any atom is -0.462 e. The normalized spacial score (nSPS) is 13.2. The maximum absolute atomic E-state index is 12.8. The third-order valence-electron chi connectivity index (χ3n) is 10.6. The molecule has 0 aliphatic rings. The molecule has 67 heavy (non-hydrogen) atoms. The van der Waals surface area contributed by atoms with Gasteiger partial charge in [-0.25, -0.2) is 0 Å². The van der Waals surface area contributed by atoms with E-state index in [2.05, 4.69) is 154 Å². The van der Waals surface area contributed by atoms with E-state index in [4.69, 9.17) is 14.2 Å². The number of hydrogen-bond acceptors (Lipinski definition) is 6. The molecule has 0 aromatic rings. The van der Waals surface area contributed by atoms with Crippen molar-refractivity contribution in [2.24, 2.45) is 0 Å². The number of esters is 3. The van der Waals surface area contributed by atoms with E-state index >= 15 is 0 Å². The standard InChI is InChI=1S/C61H96O6/c1-4-7-10-13-16-19-22-25-28-30-33-36-39-42-45-48-51-54-60(63)66-57-58(56-65-59(62)53-50-47-44-41-38-35-32-27-24-21-18-15-12-9-6-3)67-61(64)55-52-49-46-43-40-37-34-31-29-26-23-20-17-14-11-8-5-2/h7,9-10,12,16-21,25-29,32-33,36,38,41-42,45,58H,4-6,8,11,13-15,22-24,30-31,34-35,37,39-40,43-44,46-57H2,1-3H3/b10-7-,12-9-,19-16-,20-17-,21-18-,28-25-,29-26-,32-27-,36-33-,41-38-,45-42-. The van der Waals surface area contributed by atoms with Crippen molar-refractivity contribution in [1.82, 2.24) is 0 Å². The largest absolute Gasteiger partial charge is 0.462 e. The summed E-state index contributed by atoms with van der Waals surface area (Å²) in [6.45, 7) is 6.27. The zero-order valence-corrected chi connectivity index (χ0v) is 42.9. The molecule has 0 spiro atoms. The van der Waals surface area contributed by atoms with E-state index in [0.717, 1.165) is 116 Å². The molecular formula is C61H96O6. The van der Waals surface area contributed by atoms with E-state index in [9.17, 15) is 14.4 Å². The van der Waals surface area contributed by atoms with E-state index in [-0.39, 0.29) is 44.0 Å². The van der Waals surface area contributed by atoms with Crippen LogP contribution in [0.2, 0.25) is 0 Å². The van der Waals surface area contributed by atoms with E-state index in [0.29, 0.717) is 19.3 Å². The quantitative estimate of drug-likeness (QED) is 0.0262. The molecule has 0 saturated carbocycles. The molecule has 1 atom stereocenters. The van der Waals surface area contributed by atoms with E-state index in [1.54, 1.807) is 0 Å². The van der Waals surface area contributed by atoms with Crippen molar-refractivity contribution in [2.45, 2.75) is 219 Å². The zero-order chi connectivity index (χ0) is 48.6. The van der Waals surface area contributed by atoms with Gasteiger partial charge in [0.15, 0.2) is 6.10 Å². The van der Waals surface area contributed by atoms with Crippen molar-refractivity contribution in [3.63, 3.8) is 0 Å². The fourth-order valence-electron chi connectivity index (χ4n) is 6.67. The molecule has 0 bridgehead atoms. The Morgan fingerprint density at radius 2 is 0.597 bits per heavy atom. The molecule has 376 valence electrons. The first-order valence-electron chi connectivity index (χ1n) is 26.7. The molecule has 0 aliphatic heterocycles. The summed E-state index contributed by atoms with van der Waals surface area (Å²) in [5.41, 5.74) is 0. The highest BCUT2D eigenvalue weighted by molar-refractivity contribution is 5.71. The highest BCUT2D eigenvalue weighted by Crippen LogP contribution is 2.13. The maximum atomic E-state index is 12.8. The summed E-state index contributed by atoms with van der Waals surface area (Å²) in [5.74, 6) is -1.04. The molecule has 6 heteroatoms. The number of carbonyl (C=O) groups is 3. The number of hydrogen-bond donors (Lipinski definition) is 0. The lowest BCUT2D eigenvalue weighted by Gasteiger charge is -2.18. The van der Waals surface area contributed by atoms with E-state index in [1.165, 1.54) is 44.9 Å². The van der Waals surface area contributed by atoms with Crippen molar-refractivity contribution < 1.29 is 28.6 Å². The molecule has 1 unspecified atom stereocenters. The Morgan fingerprint density at radius 1 is 0.313 bits per heavy atom. The van der Waals surface area contributed by atoms with Gasteiger partial charge >= 0.3 is 17.9 Å². The summed E-state index contributed by atoms with van der Waals surface area (Å²) in [6.07, 6.45) is 75.8. The Bertz CT molecular complexity index is 1480. The predicted octanol–water partition coefficient (Wildman–Crippen LogP) is 17.9.